The highest BCUT2D eigenvalue weighted by molar-refractivity contribution is 6.42. The predicted octanol–water partition coefficient (Wildman–Crippen LogP) is 6.24. The van der Waals surface area contributed by atoms with E-state index in [4.69, 9.17) is 28.2 Å². The van der Waals surface area contributed by atoms with Crippen LogP contribution in [0.25, 0.3) is 22.2 Å². The fourth-order valence-corrected chi connectivity index (χ4v) is 5.06. The summed E-state index contributed by atoms with van der Waals surface area (Å²) in [5, 5.41) is 17.5. The minimum atomic E-state index is 0.210. The fraction of sp³-hybridized carbons (Fsp3) is 0.259. The average Bonchev–Trinajstić information content (AvgIpc) is 3.27. The number of benzene rings is 3. The number of hydrogen-bond donors (Lipinski definition) is 3. The lowest BCUT2D eigenvalue weighted by molar-refractivity contribution is 0.280. The third-order valence-electron chi connectivity index (χ3n) is 6.51. The number of hydrogen-bond acceptors (Lipinski definition) is 4. The normalized spacial score (nSPS) is 15.3. The van der Waals surface area contributed by atoms with Gasteiger partial charge >= 0.3 is 0 Å². The number of aromatic nitrogens is 2. The van der Waals surface area contributed by atoms with Crippen LogP contribution in [0.5, 0.6) is 0 Å². The molecule has 3 aromatic carbocycles. The van der Waals surface area contributed by atoms with E-state index in [2.05, 4.69) is 46.0 Å². The number of rotatable bonds is 6. The first-order chi connectivity index (χ1) is 16.6. The molecule has 1 aromatic heterocycles. The Morgan fingerprint density at radius 1 is 1.00 bits per heavy atom. The number of imidazole rings is 1. The van der Waals surface area contributed by atoms with E-state index < -0.39 is 0 Å². The van der Waals surface area contributed by atoms with Gasteiger partial charge in [-0.3, -0.25) is 0 Å². The molecule has 2 heterocycles. The summed E-state index contributed by atoms with van der Waals surface area (Å²) >= 11 is 12.3. The molecule has 0 bridgehead atoms. The molecular weight excluding hydrogens is 465 g/mol. The molecule has 3 N–H and O–H groups in total. The van der Waals surface area contributed by atoms with Gasteiger partial charge in [0.05, 0.1) is 39.3 Å². The molecule has 7 heteroatoms. The topological polar surface area (TPSA) is 76.5 Å². The van der Waals surface area contributed by atoms with Gasteiger partial charge in [-0.25, -0.2) is 4.98 Å². The van der Waals surface area contributed by atoms with Gasteiger partial charge in [-0.1, -0.05) is 59.6 Å². The Balaban J connectivity index is 1.38. The number of nitrogens with zero attached hydrogens (tertiary/aromatic N) is 2. The zero-order valence-corrected chi connectivity index (χ0v) is 20.1. The number of halogens is 2. The Morgan fingerprint density at radius 3 is 2.53 bits per heavy atom. The molecule has 0 amide bonds. The molecule has 172 valence electrons. The number of aromatic amines is 1. The van der Waals surface area contributed by atoms with Crippen LogP contribution in [-0.2, 0) is 6.54 Å². The average molecular weight is 490 g/mol. The van der Waals surface area contributed by atoms with Gasteiger partial charge in [-0.05, 0) is 72.8 Å². The smallest absolute Gasteiger partial charge is 0.121 e. The summed E-state index contributed by atoms with van der Waals surface area (Å²) in [6.45, 7) is 2.68. The van der Waals surface area contributed by atoms with Crippen molar-refractivity contribution in [2.24, 2.45) is 5.92 Å². The van der Waals surface area contributed by atoms with Crippen molar-refractivity contribution in [2.45, 2.75) is 25.4 Å². The zero-order chi connectivity index (χ0) is 23.5. The number of piperidine rings is 1. The number of nitrogens with one attached hydrogen (secondary N) is 3. The van der Waals surface area contributed by atoms with Gasteiger partial charge in [-0.2, -0.15) is 5.26 Å². The van der Waals surface area contributed by atoms with E-state index in [0.29, 0.717) is 28.1 Å². The first-order valence-electron chi connectivity index (χ1n) is 11.5. The van der Waals surface area contributed by atoms with Crippen LogP contribution in [0.2, 0.25) is 10.0 Å². The van der Waals surface area contributed by atoms with E-state index in [9.17, 15) is 5.26 Å². The molecule has 1 aliphatic rings. The summed E-state index contributed by atoms with van der Waals surface area (Å²) in [7, 11) is 0. The fourth-order valence-electron chi connectivity index (χ4n) is 4.73. The zero-order valence-electron chi connectivity index (χ0n) is 18.6. The van der Waals surface area contributed by atoms with Crippen molar-refractivity contribution >= 4 is 34.2 Å². The van der Waals surface area contributed by atoms with Crippen LogP contribution in [0, 0.1) is 17.2 Å². The summed E-state index contributed by atoms with van der Waals surface area (Å²) in [4.78, 5) is 8.06. The van der Waals surface area contributed by atoms with E-state index in [0.717, 1.165) is 53.9 Å². The minimum absolute atomic E-state index is 0.210. The Kier molecular flexibility index (Phi) is 6.85. The van der Waals surface area contributed by atoms with E-state index in [1.807, 2.05) is 30.3 Å². The van der Waals surface area contributed by atoms with E-state index in [-0.39, 0.29) is 6.04 Å². The predicted molar refractivity (Wildman–Crippen MR) is 138 cm³/mol. The summed E-state index contributed by atoms with van der Waals surface area (Å²) in [6, 6.07) is 22.5. The molecular formula is C27H25Cl2N5. The largest absolute Gasteiger partial charge is 0.341 e. The van der Waals surface area contributed by atoms with Crippen molar-refractivity contribution in [2.75, 3.05) is 13.1 Å². The van der Waals surface area contributed by atoms with Crippen molar-refractivity contribution in [1.29, 1.82) is 5.26 Å². The van der Waals surface area contributed by atoms with Gasteiger partial charge in [0.15, 0.2) is 0 Å². The SMILES string of the molecule is N#Cc1cccc(-c2ccc(C(NCc3nc4cc(Cl)c(Cl)cc4[nH]3)C3CCNCC3)cc2)c1. The van der Waals surface area contributed by atoms with Gasteiger partial charge in [0.1, 0.15) is 5.82 Å². The molecule has 1 atom stereocenters. The summed E-state index contributed by atoms with van der Waals surface area (Å²) in [5.74, 6) is 1.39. The lowest BCUT2D eigenvalue weighted by atomic mass is 9.85. The Morgan fingerprint density at radius 2 is 1.76 bits per heavy atom. The molecule has 0 saturated carbocycles. The molecule has 0 spiro atoms. The second kappa shape index (κ2) is 10.2. The monoisotopic (exact) mass is 489 g/mol. The highest BCUT2D eigenvalue weighted by atomic mass is 35.5. The van der Waals surface area contributed by atoms with Crippen molar-refractivity contribution in [3.8, 4) is 17.2 Å². The number of H-pyrrole nitrogens is 1. The van der Waals surface area contributed by atoms with Crippen molar-refractivity contribution < 1.29 is 0 Å². The van der Waals surface area contributed by atoms with Crippen LogP contribution in [0.1, 0.15) is 35.8 Å². The van der Waals surface area contributed by atoms with Crippen LogP contribution in [0.4, 0.5) is 0 Å². The third-order valence-corrected chi connectivity index (χ3v) is 7.23. The maximum Gasteiger partial charge on any atom is 0.121 e. The molecule has 1 aliphatic heterocycles. The first-order valence-corrected chi connectivity index (χ1v) is 12.2. The maximum atomic E-state index is 9.21. The third kappa shape index (κ3) is 4.96. The van der Waals surface area contributed by atoms with Crippen LogP contribution in [0.3, 0.4) is 0 Å². The van der Waals surface area contributed by atoms with E-state index >= 15 is 0 Å². The summed E-state index contributed by atoms with van der Waals surface area (Å²) < 4.78 is 0. The molecule has 0 radical (unpaired) electrons. The summed E-state index contributed by atoms with van der Waals surface area (Å²) in [5.41, 5.74) is 5.79. The molecule has 0 aliphatic carbocycles. The van der Waals surface area contributed by atoms with E-state index in [1.165, 1.54) is 5.56 Å². The lowest BCUT2D eigenvalue weighted by Crippen LogP contribution is -2.36. The highest BCUT2D eigenvalue weighted by Crippen LogP contribution is 2.32. The molecule has 1 saturated heterocycles. The van der Waals surface area contributed by atoms with Crippen molar-refractivity contribution in [3.05, 3.63) is 87.7 Å². The number of fused-ring (bicyclic) bond motifs is 1. The van der Waals surface area contributed by atoms with Crippen LogP contribution < -0.4 is 10.6 Å². The Hall–Kier alpha value is -2.88. The Bertz CT molecular complexity index is 1290. The molecule has 1 fully saturated rings. The second-order valence-corrected chi connectivity index (χ2v) is 9.54. The van der Waals surface area contributed by atoms with Gasteiger partial charge in [0.2, 0.25) is 0 Å². The van der Waals surface area contributed by atoms with E-state index in [1.54, 1.807) is 6.07 Å². The van der Waals surface area contributed by atoms with Crippen molar-refractivity contribution in [3.63, 3.8) is 0 Å². The quantitative estimate of drug-likeness (QED) is 0.299. The lowest BCUT2D eigenvalue weighted by Gasteiger charge is -2.32. The Labute approximate surface area is 209 Å². The molecule has 5 nitrogen and oxygen atoms in total. The molecule has 1 unspecified atom stereocenters. The minimum Gasteiger partial charge on any atom is -0.341 e. The molecule has 5 rings (SSSR count). The molecule has 34 heavy (non-hydrogen) atoms. The van der Waals surface area contributed by atoms with Gasteiger partial charge in [0.25, 0.3) is 0 Å². The summed E-state index contributed by atoms with van der Waals surface area (Å²) in [6.07, 6.45) is 2.24. The van der Waals surface area contributed by atoms with Gasteiger partial charge in [-0.15, -0.1) is 0 Å². The maximum absolute atomic E-state index is 9.21. The standard InChI is InChI=1S/C27H25Cl2N5/c28-22-13-24-25(14-23(22)29)34-26(33-24)16-32-27(20-8-10-31-11-9-20)19-6-4-18(5-7-19)21-3-1-2-17(12-21)15-30/h1-7,12-14,20,27,31-32H,8-11,16H2,(H,33,34). The van der Waals surface area contributed by atoms with Crippen LogP contribution in [-0.4, -0.2) is 23.1 Å². The number of nitriles is 1. The first kappa shape index (κ1) is 22.9. The van der Waals surface area contributed by atoms with Gasteiger partial charge in [0, 0.05) is 6.04 Å². The highest BCUT2D eigenvalue weighted by Gasteiger charge is 2.25. The van der Waals surface area contributed by atoms with Crippen LogP contribution in [0.15, 0.2) is 60.7 Å². The van der Waals surface area contributed by atoms with Crippen molar-refractivity contribution in [1.82, 2.24) is 20.6 Å². The second-order valence-electron chi connectivity index (χ2n) is 8.73. The molecule has 4 aromatic rings. The van der Waals surface area contributed by atoms with Gasteiger partial charge < -0.3 is 15.6 Å². The van der Waals surface area contributed by atoms with Crippen LogP contribution >= 0.6 is 23.2 Å².